The Morgan fingerprint density at radius 2 is 1.79 bits per heavy atom. The molecule has 1 saturated heterocycles. The zero-order valence-electron chi connectivity index (χ0n) is 18.4. The number of thiophene rings is 1. The zero-order valence-corrected chi connectivity index (χ0v) is 22.4. The summed E-state index contributed by atoms with van der Waals surface area (Å²) < 4.78 is 8.23. The fraction of sp³-hybridized carbons (Fsp3) is 0.320. The van der Waals surface area contributed by atoms with Crippen LogP contribution in [-0.4, -0.2) is 36.2 Å². The monoisotopic (exact) mass is 563 g/mol. The summed E-state index contributed by atoms with van der Waals surface area (Å²) in [6, 6.07) is 14.3. The molecule has 2 aromatic heterocycles. The van der Waals surface area contributed by atoms with Crippen LogP contribution in [0.3, 0.4) is 0 Å². The lowest BCUT2D eigenvalue weighted by molar-refractivity contribution is 0.247. The first kappa shape index (κ1) is 23.2. The Labute approximate surface area is 216 Å². The van der Waals surface area contributed by atoms with Gasteiger partial charge in [-0.1, -0.05) is 64.2 Å². The fourth-order valence-electron chi connectivity index (χ4n) is 4.35. The molecule has 172 valence electrons. The minimum absolute atomic E-state index is 0.224. The quantitative estimate of drug-likeness (QED) is 0.245. The van der Waals surface area contributed by atoms with Crippen molar-refractivity contribution in [2.24, 2.45) is 0 Å². The Morgan fingerprint density at radius 1 is 1.06 bits per heavy atom. The molecule has 0 amide bonds. The Kier molecular flexibility index (Phi) is 6.74. The molecule has 0 N–H and O–H groups in total. The van der Waals surface area contributed by atoms with Crippen molar-refractivity contribution < 1.29 is 4.52 Å². The zero-order chi connectivity index (χ0) is 23.1. The van der Waals surface area contributed by atoms with Gasteiger partial charge in [0.2, 0.25) is 0 Å². The lowest BCUT2D eigenvalue weighted by atomic mass is 10.00. The van der Waals surface area contributed by atoms with E-state index >= 15 is 0 Å². The van der Waals surface area contributed by atoms with Crippen LogP contribution in [0.4, 0.5) is 5.00 Å². The maximum absolute atomic E-state index is 6.51. The summed E-state index contributed by atoms with van der Waals surface area (Å²) in [4.78, 5) is 4.95. The number of nitrogens with zero attached hydrogens (tertiary/aromatic N) is 3. The standard InChI is InChI=1S/C25H24BrCl2N3OS/c1-15(2)25-18(24(29-32-25)23-19(27)4-3-5-20(23)28)14-30-8-10-31(11-9-30)22-13-16-12-17(26)6-7-21(16)33-22/h3-7,12-13,15H,8-11,14H2,1-2H3. The highest BCUT2D eigenvalue weighted by Gasteiger charge is 2.27. The molecule has 0 bridgehead atoms. The van der Waals surface area contributed by atoms with Gasteiger partial charge in [-0.3, -0.25) is 4.90 Å². The van der Waals surface area contributed by atoms with Crippen LogP contribution in [0.1, 0.15) is 31.1 Å². The molecule has 0 atom stereocenters. The van der Waals surface area contributed by atoms with Crippen molar-refractivity contribution in [3.05, 3.63) is 68.3 Å². The SMILES string of the molecule is CC(C)c1onc(-c2c(Cl)cccc2Cl)c1CN1CCN(c2cc3cc(Br)ccc3s2)CC1. The summed E-state index contributed by atoms with van der Waals surface area (Å²) in [7, 11) is 0. The molecule has 3 heterocycles. The molecule has 0 unspecified atom stereocenters. The summed E-state index contributed by atoms with van der Waals surface area (Å²) in [6.07, 6.45) is 0. The molecule has 5 rings (SSSR count). The van der Waals surface area contributed by atoms with Crippen LogP contribution in [0.5, 0.6) is 0 Å². The van der Waals surface area contributed by atoms with Gasteiger partial charge >= 0.3 is 0 Å². The molecule has 4 aromatic rings. The molecule has 33 heavy (non-hydrogen) atoms. The second-order valence-corrected chi connectivity index (χ2v) is 11.4. The smallest absolute Gasteiger partial charge is 0.144 e. The van der Waals surface area contributed by atoms with E-state index in [4.69, 9.17) is 27.7 Å². The number of hydrogen-bond donors (Lipinski definition) is 0. The van der Waals surface area contributed by atoms with E-state index in [1.165, 1.54) is 15.1 Å². The lowest BCUT2D eigenvalue weighted by Crippen LogP contribution is -2.45. The summed E-state index contributed by atoms with van der Waals surface area (Å²) in [6.45, 7) is 8.92. The van der Waals surface area contributed by atoms with Crippen LogP contribution in [0.15, 0.2) is 51.5 Å². The van der Waals surface area contributed by atoms with Gasteiger partial charge in [-0.05, 0) is 41.8 Å². The van der Waals surface area contributed by atoms with Gasteiger partial charge in [0.25, 0.3) is 0 Å². The number of rotatable bonds is 5. The number of hydrogen-bond acceptors (Lipinski definition) is 5. The van der Waals surface area contributed by atoms with Crippen molar-refractivity contribution in [2.45, 2.75) is 26.3 Å². The Balaban J connectivity index is 1.35. The molecule has 8 heteroatoms. The predicted octanol–water partition coefficient (Wildman–Crippen LogP) is 8.07. The van der Waals surface area contributed by atoms with E-state index in [-0.39, 0.29) is 5.92 Å². The van der Waals surface area contributed by atoms with Gasteiger partial charge in [-0.15, -0.1) is 11.3 Å². The number of piperazine rings is 1. The highest BCUT2D eigenvalue weighted by Crippen LogP contribution is 2.39. The van der Waals surface area contributed by atoms with Gasteiger partial charge < -0.3 is 9.42 Å². The average Bonchev–Trinajstić information content (AvgIpc) is 3.38. The highest BCUT2D eigenvalue weighted by molar-refractivity contribution is 9.10. The van der Waals surface area contributed by atoms with E-state index in [1.807, 2.05) is 29.5 Å². The van der Waals surface area contributed by atoms with Crippen molar-refractivity contribution in [3.8, 4) is 11.3 Å². The van der Waals surface area contributed by atoms with Crippen LogP contribution in [-0.2, 0) is 6.54 Å². The fourth-order valence-corrected chi connectivity index (χ4v) is 6.40. The largest absolute Gasteiger partial charge is 0.361 e. The summed E-state index contributed by atoms with van der Waals surface area (Å²) in [5.41, 5.74) is 2.59. The number of anilines is 1. The Bertz CT molecular complexity index is 1270. The van der Waals surface area contributed by atoms with Crippen LogP contribution >= 0.6 is 50.5 Å². The van der Waals surface area contributed by atoms with E-state index in [0.29, 0.717) is 10.0 Å². The molecule has 1 fully saturated rings. The molecule has 0 spiro atoms. The van der Waals surface area contributed by atoms with Gasteiger partial charge in [-0.25, -0.2) is 0 Å². The molecule has 0 radical (unpaired) electrons. The predicted molar refractivity (Wildman–Crippen MR) is 143 cm³/mol. The van der Waals surface area contributed by atoms with Gasteiger partial charge in [-0.2, -0.15) is 0 Å². The average molecular weight is 565 g/mol. The van der Waals surface area contributed by atoms with Crippen LogP contribution < -0.4 is 4.90 Å². The van der Waals surface area contributed by atoms with E-state index in [0.717, 1.165) is 59.8 Å². The van der Waals surface area contributed by atoms with Gasteiger partial charge in [0.15, 0.2) is 0 Å². The molecule has 1 aliphatic rings. The highest BCUT2D eigenvalue weighted by atomic mass is 79.9. The molecular weight excluding hydrogens is 541 g/mol. The molecular formula is C25H24BrCl2N3OS. The van der Waals surface area contributed by atoms with E-state index in [2.05, 4.69) is 69.0 Å². The summed E-state index contributed by atoms with van der Waals surface area (Å²) >= 11 is 18.5. The van der Waals surface area contributed by atoms with Crippen LogP contribution in [0.2, 0.25) is 10.0 Å². The van der Waals surface area contributed by atoms with Gasteiger partial charge in [0.1, 0.15) is 11.5 Å². The van der Waals surface area contributed by atoms with Crippen LogP contribution in [0, 0.1) is 0 Å². The minimum Gasteiger partial charge on any atom is -0.361 e. The third kappa shape index (κ3) is 4.69. The van der Waals surface area contributed by atoms with Crippen molar-refractivity contribution in [3.63, 3.8) is 0 Å². The normalized spacial score (nSPS) is 15.2. The van der Waals surface area contributed by atoms with Crippen molar-refractivity contribution >= 4 is 65.6 Å². The maximum atomic E-state index is 6.51. The number of aromatic nitrogens is 1. The Hall–Kier alpha value is -1.57. The second-order valence-electron chi connectivity index (χ2n) is 8.66. The minimum atomic E-state index is 0.224. The number of fused-ring (bicyclic) bond motifs is 1. The number of benzene rings is 2. The van der Waals surface area contributed by atoms with Crippen molar-refractivity contribution in [1.29, 1.82) is 0 Å². The maximum Gasteiger partial charge on any atom is 0.144 e. The molecule has 4 nitrogen and oxygen atoms in total. The third-order valence-corrected chi connectivity index (χ3v) is 8.37. The molecule has 1 aliphatic heterocycles. The first-order chi connectivity index (χ1) is 15.9. The van der Waals surface area contributed by atoms with Crippen LogP contribution in [0.25, 0.3) is 21.3 Å². The first-order valence-corrected chi connectivity index (χ1v) is 13.4. The molecule has 0 aliphatic carbocycles. The van der Waals surface area contributed by atoms with E-state index in [1.54, 1.807) is 0 Å². The Morgan fingerprint density at radius 3 is 2.48 bits per heavy atom. The van der Waals surface area contributed by atoms with Crippen molar-refractivity contribution in [1.82, 2.24) is 10.1 Å². The van der Waals surface area contributed by atoms with E-state index < -0.39 is 0 Å². The number of halogens is 3. The second kappa shape index (κ2) is 9.59. The third-order valence-electron chi connectivity index (χ3n) is 6.07. The summed E-state index contributed by atoms with van der Waals surface area (Å²) in [5, 5.41) is 8.21. The molecule has 2 aromatic carbocycles. The lowest BCUT2D eigenvalue weighted by Gasteiger charge is -2.35. The van der Waals surface area contributed by atoms with Crippen molar-refractivity contribution in [2.75, 3.05) is 31.1 Å². The van der Waals surface area contributed by atoms with Gasteiger partial charge in [0, 0.05) is 58.9 Å². The van der Waals surface area contributed by atoms with Gasteiger partial charge in [0.05, 0.1) is 15.0 Å². The topological polar surface area (TPSA) is 32.5 Å². The molecule has 0 saturated carbocycles. The van der Waals surface area contributed by atoms with E-state index in [9.17, 15) is 0 Å². The summed E-state index contributed by atoms with van der Waals surface area (Å²) in [5.74, 6) is 1.13. The first-order valence-electron chi connectivity index (χ1n) is 11.0.